The minimum Gasteiger partial charge on any atom is -0.443 e. The van der Waals surface area contributed by atoms with Crippen LogP contribution in [0.15, 0.2) is 42.0 Å². The Hall–Kier alpha value is -5.11. The molecule has 444 valence electrons. The van der Waals surface area contributed by atoms with Crippen LogP contribution < -0.4 is 37.2 Å². The average molecular weight is 1110 g/mol. The van der Waals surface area contributed by atoms with Gasteiger partial charge in [0.25, 0.3) is 0 Å². The number of amides is 7. The lowest BCUT2D eigenvalue weighted by Gasteiger charge is -2.42. The van der Waals surface area contributed by atoms with Crippen LogP contribution in [0.5, 0.6) is 0 Å². The van der Waals surface area contributed by atoms with Gasteiger partial charge < -0.3 is 61.3 Å². The van der Waals surface area contributed by atoms with E-state index in [1.807, 2.05) is 92.6 Å². The number of carbonyl (C=O) groups excluding carboxylic acids is 7. The molecular weight excluding hydrogens is 1010 g/mol. The molecule has 1 aromatic rings. The van der Waals surface area contributed by atoms with Gasteiger partial charge in [0.2, 0.25) is 35.4 Å². The van der Waals surface area contributed by atoms with Crippen LogP contribution in [0.4, 0.5) is 4.79 Å². The maximum Gasteiger partial charge on any atom is 0.407 e. The molecule has 2 heterocycles. The molecule has 1 aromatic carbocycles. The van der Waals surface area contributed by atoms with Gasteiger partial charge in [-0.1, -0.05) is 104 Å². The molecule has 2 saturated heterocycles. The Labute approximate surface area is 470 Å². The highest BCUT2D eigenvalue weighted by molar-refractivity contribution is 5.94. The first-order valence-corrected chi connectivity index (χ1v) is 28.8. The molecule has 7 unspecified atom stereocenters. The van der Waals surface area contributed by atoms with Gasteiger partial charge >= 0.3 is 6.09 Å². The quantitative estimate of drug-likeness (QED) is 0.0410. The summed E-state index contributed by atoms with van der Waals surface area (Å²) in [5.74, 6) is -3.73. The number of methoxy groups -OCH3 is 1. The molecule has 5 rings (SSSR count). The lowest BCUT2D eigenvalue weighted by Crippen LogP contribution is -2.56. The van der Waals surface area contributed by atoms with Crippen molar-refractivity contribution in [1.29, 1.82) is 0 Å². The number of carbonyl (C=O) groups is 7. The normalized spacial score (nSPS) is 26.9. The second-order valence-corrected chi connectivity index (χ2v) is 26.5. The van der Waals surface area contributed by atoms with Crippen molar-refractivity contribution in [1.82, 2.24) is 37.2 Å². The number of allylic oxidation sites excluding steroid dienone is 1. The fourth-order valence-electron chi connectivity index (χ4n) is 12.0. The molecule has 11 atom stereocenters. The van der Waals surface area contributed by atoms with Crippen LogP contribution in [-0.2, 0) is 54.1 Å². The molecule has 0 bridgehead atoms. The van der Waals surface area contributed by atoms with Crippen molar-refractivity contribution in [2.75, 3.05) is 33.4 Å². The zero-order valence-corrected chi connectivity index (χ0v) is 49.9. The Morgan fingerprint density at radius 1 is 0.797 bits per heavy atom. The molecule has 7 amide bonds. The van der Waals surface area contributed by atoms with Gasteiger partial charge in [0.05, 0.1) is 37.8 Å². The highest BCUT2D eigenvalue weighted by Gasteiger charge is 2.72. The Morgan fingerprint density at radius 3 is 1.96 bits per heavy atom. The maximum atomic E-state index is 14.2. The number of aliphatic hydroxyl groups is 1. The average Bonchev–Trinajstić information content (AvgIpc) is 4.26. The van der Waals surface area contributed by atoms with E-state index in [-0.39, 0.29) is 79.3 Å². The number of hydrogen-bond donors (Lipinski definition) is 8. The molecule has 2 aliphatic heterocycles. The van der Waals surface area contributed by atoms with E-state index in [0.717, 1.165) is 18.4 Å². The summed E-state index contributed by atoms with van der Waals surface area (Å²) in [4.78, 5) is 96.0. The number of ether oxygens (including phenoxy) is 4. The Morgan fingerprint density at radius 2 is 1.41 bits per heavy atom. The molecule has 19 nitrogen and oxygen atoms in total. The first-order valence-electron chi connectivity index (χ1n) is 28.8. The lowest BCUT2D eigenvalue weighted by atomic mass is 9.65. The molecular formula is C60H97N7O12. The minimum atomic E-state index is -1.14. The van der Waals surface area contributed by atoms with Gasteiger partial charge in [-0.15, -0.1) is 0 Å². The van der Waals surface area contributed by atoms with Crippen LogP contribution in [0.25, 0.3) is 0 Å². The summed E-state index contributed by atoms with van der Waals surface area (Å²) in [5.41, 5.74) is -0.682. The number of hydrogen-bond acceptors (Lipinski definition) is 12. The smallest absolute Gasteiger partial charge is 0.407 e. The van der Waals surface area contributed by atoms with Gasteiger partial charge in [-0.05, 0) is 114 Å². The summed E-state index contributed by atoms with van der Waals surface area (Å²) in [5, 5.41) is 29.9. The van der Waals surface area contributed by atoms with Crippen molar-refractivity contribution >= 4 is 41.5 Å². The highest BCUT2D eigenvalue weighted by Crippen LogP contribution is 2.59. The first-order chi connectivity index (χ1) is 36.9. The third-order valence-corrected chi connectivity index (χ3v) is 16.1. The Bertz CT molecular complexity index is 2280. The largest absolute Gasteiger partial charge is 0.443 e. The van der Waals surface area contributed by atoms with Crippen LogP contribution in [-0.4, -0.2) is 140 Å². The summed E-state index contributed by atoms with van der Waals surface area (Å²) in [6, 6.07) is 6.58. The van der Waals surface area contributed by atoms with Crippen molar-refractivity contribution in [3.8, 4) is 0 Å². The molecule has 0 radical (unpaired) electrons. The zero-order valence-electron chi connectivity index (χ0n) is 49.9. The van der Waals surface area contributed by atoms with Crippen molar-refractivity contribution in [2.45, 2.75) is 220 Å². The van der Waals surface area contributed by atoms with E-state index in [2.05, 4.69) is 64.1 Å². The summed E-state index contributed by atoms with van der Waals surface area (Å²) in [6.45, 7) is 25.2. The maximum absolute atomic E-state index is 14.2. The molecule has 4 aliphatic rings. The van der Waals surface area contributed by atoms with E-state index in [9.17, 15) is 38.7 Å². The molecule has 4 fully saturated rings. The zero-order chi connectivity index (χ0) is 58.7. The number of alkyl carbamates (subject to hydrolysis) is 1. The van der Waals surface area contributed by atoms with E-state index in [1.54, 1.807) is 14.0 Å². The number of rotatable bonds is 26. The number of nitrogens with one attached hydrogen (secondary N) is 7. The van der Waals surface area contributed by atoms with E-state index < -0.39 is 94.9 Å². The molecule has 0 aromatic heterocycles. The standard InChI is InChI=1S/C60H97N7O12/c1-36(2)20-25-46-59(13,79-46)50-49(76-14)45(26-27-60(50)35-77-60)78-55(75)65-41-23-21-40(22-24-41)64-47(69)32-62-52(72)43(28-37(3)4)67-53(73)44(29-39-18-16-15-17-19-39)66-48(70)33-61-51(71)42(57(9,10)11)30-58(12,34-56(6,7)8)54(74)63-31-38(5)68/h15-20,37-38,40-46,49-50,68H,21-35H2,1-14H3,(H,61,71)(H,62,72)(H,63,74)(H,64,69)(H,65,75)(H,66,70)(H,67,73)/t38?,40?,41?,42?,43-,44-,45?,46+,49?,50?,58?,59?,60-/m0/s1. The first kappa shape index (κ1) is 64.7. The fraction of sp³-hybridized carbons (Fsp3) is 0.750. The van der Waals surface area contributed by atoms with Gasteiger partial charge in [-0.25, -0.2) is 4.79 Å². The van der Waals surface area contributed by atoms with Gasteiger partial charge in [0.15, 0.2) is 0 Å². The molecule has 19 heteroatoms. The Balaban J connectivity index is 1.12. The van der Waals surface area contributed by atoms with Gasteiger partial charge in [0.1, 0.15) is 35.5 Å². The summed E-state index contributed by atoms with van der Waals surface area (Å²) >= 11 is 0. The van der Waals surface area contributed by atoms with E-state index in [4.69, 9.17) is 18.9 Å². The summed E-state index contributed by atoms with van der Waals surface area (Å²) in [6.07, 6.45) is 5.64. The van der Waals surface area contributed by atoms with Crippen molar-refractivity contribution < 1.29 is 57.6 Å². The van der Waals surface area contributed by atoms with Gasteiger partial charge in [0, 0.05) is 43.5 Å². The molecule has 2 saturated carbocycles. The minimum absolute atomic E-state index is 0.0368. The van der Waals surface area contributed by atoms with Crippen molar-refractivity contribution in [3.63, 3.8) is 0 Å². The Kier molecular flexibility index (Phi) is 22.6. The highest BCUT2D eigenvalue weighted by atomic mass is 16.6. The van der Waals surface area contributed by atoms with E-state index in [0.29, 0.717) is 45.1 Å². The second-order valence-electron chi connectivity index (χ2n) is 26.5. The van der Waals surface area contributed by atoms with Gasteiger partial charge in [-0.2, -0.15) is 0 Å². The topological polar surface area (TPSA) is 267 Å². The number of aliphatic hydroxyl groups excluding tert-OH is 1. The summed E-state index contributed by atoms with van der Waals surface area (Å²) in [7, 11) is 1.65. The lowest BCUT2D eigenvalue weighted by molar-refractivity contribution is -0.138. The van der Waals surface area contributed by atoms with Crippen LogP contribution in [0.1, 0.15) is 160 Å². The number of epoxide rings is 2. The van der Waals surface area contributed by atoms with Crippen LogP contribution in [0.2, 0.25) is 0 Å². The number of benzene rings is 1. The second kappa shape index (κ2) is 27.6. The summed E-state index contributed by atoms with van der Waals surface area (Å²) < 4.78 is 24.5. The molecule has 2 aliphatic carbocycles. The molecule has 79 heavy (non-hydrogen) atoms. The third kappa shape index (κ3) is 19.3. The fourth-order valence-corrected chi connectivity index (χ4v) is 12.0. The molecule has 1 spiro atoms. The van der Waals surface area contributed by atoms with Crippen molar-refractivity contribution in [3.05, 3.63) is 47.5 Å². The van der Waals surface area contributed by atoms with Crippen molar-refractivity contribution in [2.24, 2.45) is 34.0 Å². The van der Waals surface area contributed by atoms with E-state index >= 15 is 0 Å². The third-order valence-electron chi connectivity index (χ3n) is 16.1. The molecule has 8 N–H and O–H groups in total. The van der Waals surface area contributed by atoms with Gasteiger partial charge in [-0.3, -0.25) is 28.8 Å². The van der Waals surface area contributed by atoms with Crippen LogP contribution >= 0.6 is 0 Å². The van der Waals surface area contributed by atoms with Crippen LogP contribution in [0.3, 0.4) is 0 Å². The monoisotopic (exact) mass is 1110 g/mol. The van der Waals surface area contributed by atoms with Crippen LogP contribution in [0, 0.1) is 34.0 Å². The predicted octanol–water partition coefficient (Wildman–Crippen LogP) is 5.70. The predicted molar refractivity (Wildman–Crippen MR) is 301 cm³/mol. The van der Waals surface area contributed by atoms with E-state index in [1.165, 1.54) is 5.57 Å². The SMILES string of the molecule is COC1C(OC(=O)NC2CCC(NC(=O)CNC(=O)[C@H](CC(C)C)NC(=O)[C@H](Cc3ccccc3)NC(=O)CNC(=O)C(CC(C)(CC(C)(C)C)C(=O)NCC(C)O)C(C)(C)C)CC2)CC[C@]2(CO2)C1C1(C)O[C@@H]1CC=C(C)C.